The van der Waals surface area contributed by atoms with Crippen LogP contribution in [0.4, 0.5) is 0 Å². The maximum absolute atomic E-state index is 8.75. The molecule has 0 heterocycles. The highest BCUT2D eigenvalue weighted by Crippen LogP contribution is 1.99. The molecule has 1 unspecified atom stereocenters. The smallest absolute Gasteiger partial charge is 0.171 e. The first-order valence-electron chi connectivity index (χ1n) is 4.46. The summed E-state index contributed by atoms with van der Waals surface area (Å²) in [5.41, 5.74) is 5.79. The molecule has 0 aliphatic heterocycles. The molecule has 0 fully saturated rings. The first kappa shape index (κ1) is 13.3. The lowest BCUT2D eigenvalue weighted by atomic mass is 10.4. The van der Waals surface area contributed by atoms with Gasteiger partial charge in [-0.3, -0.25) is 0 Å². The van der Waals surface area contributed by atoms with Gasteiger partial charge < -0.3 is 15.1 Å². The van der Waals surface area contributed by atoms with Gasteiger partial charge in [0, 0.05) is 20.3 Å². The van der Waals surface area contributed by atoms with Gasteiger partial charge in [-0.15, -0.1) is 0 Å². The summed E-state index contributed by atoms with van der Waals surface area (Å²) in [5, 5.41) is 8.75. The van der Waals surface area contributed by atoms with Crippen LogP contribution in [0.25, 0.3) is 0 Å². The molecule has 0 amide bonds. The Bertz CT molecular complexity index is 268. The molecule has 0 radical (unpaired) electrons. The summed E-state index contributed by atoms with van der Waals surface area (Å²) in [6.45, 7) is 1.89. The summed E-state index contributed by atoms with van der Waals surface area (Å²) in [6.07, 6.45) is 2.94. The Hall–Kier alpha value is -1.74. The first-order chi connectivity index (χ1) is 7.15. The molecule has 1 atom stereocenters. The van der Waals surface area contributed by atoms with Gasteiger partial charge in [0.05, 0.1) is 7.11 Å². The minimum atomic E-state index is -0.0908. The molecule has 6 nitrogen and oxygen atoms in total. The van der Waals surface area contributed by atoms with E-state index in [2.05, 4.69) is 15.8 Å². The number of ether oxygens (including phenoxy) is 1. The number of aliphatic imine (C=N–C) groups is 1. The molecule has 0 saturated carbocycles. The van der Waals surface area contributed by atoms with E-state index in [9.17, 15) is 0 Å². The molecule has 0 spiro atoms. The topological polar surface area (TPSA) is 72.7 Å². The van der Waals surface area contributed by atoms with Crippen molar-refractivity contribution in [1.82, 2.24) is 15.8 Å². The molecule has 0 aliphatic carbocycles. The fraction of sp³-hybridized carbons (Fsp3) is 0.556. The Labute approximate surface area is 90.2 Å². The van der Waals surface area contributed by atoms with Crippen molar-refractivity contribution >= 4 is 6.40 Å². The summed E-state index contributed by atoms with van der Waals surface area (Å²) < 4.78 is 4.71. The van der Waals surface area contributed by atoms with Gasteiger partial charge in [-0.05, 0) is 6.92 Å². The Kier molecular flexibility index (Phi) is 6.76. The van der Waals surface area contributed by atoms with E-state index in [1.54, 1.807) is 18.1 Å². The summed E-state index contributed by atoms with van der Waals surface area (Å²) in [4.78, 5) is 5.86. The minimum absolute atomic E-state index is 0.0908. The van der Waals surface area contributed by atoms with Gasteiger partial charge in [0.25, 0.3) is 0 Å². The van der Waals surface area contributed by atoms with Crippen LogP contribution in [0.15, 0.2) is 16.9 Å². The lowest BCUT2D eigenvalue weighted by molar-refractivity contribution is 0.345. The summed E-state index contributed by atoms with van der Waals surface area (Å²) in [6, 6.07) is 2.01. The van der Waals surface area contributed by atoms with Crippen LogP contribution in [-0.2, 0) is 4.74 Å². The van der Waals surface area contributed by atoms with Gasteiger partial charge >= 0.3 is 0 Å². The average Bonchev–Trinajstić information content (AvgIpc) is 2.24. The number of rotatable bonds is 6. The molecular formula is C9H17N5O. The summed E-state index contributed by atoms with van der Waals surface area (Å²) in [7, 11) is 5.05. The number of methoxy groups -OCH3 is 1. The van der Waals surface area contributed by atoms with Crippen molar-refractivity contribution in [3.8, 4) is 6.07 Å². The lowest BCUT2D eigenvalue weighted by Gasteiger charge is -2.19. The highest BCUT2D eigenvalue weighted by molar-refractivity contribution is 5.46. The Morgan fingerprint density at radius 2 is 2.33 bits per heavy atom. The van der Waals surface area contributed by atoms with E-state index in [0.29, 0.717) is 5.70 Å². The molecule has 0 aromatic rings. The van der Waals surface area contributed by atoms with Crippen molar-refractivity contribution in [3.63, 3.8) is 0 Å². The number of allylic oxidation sites excluding steroid dienone is 1. The van der Waals surface area contributed by atoms with Crippen LogP contribution in [0.1, 0.15) is 6.92 Å². The molecule has 0 aromatic carbocycles. The second kappa shape index (κ2) is 7.64. The monoisotopic (exact) mass is 211 g/mol. The van der Waals surface area contributed by atoms with Crippen LogP contribution >= 0.6 is 0 Å². The van der Waals surface area contributed by atoms with Gasteiger partial charge in [-0.25, -0.2) is 10.4 Å². The maximum Gasteiger partial charge on any atom is 0.171 e. The molecule has 0 aromatic heterocycles. The molecule has 0 aliphatic rings. The van der Waals surface area contributed by atoms with E-state index in [0.717, 1.165) is 0 Å². The normalized spacial score (nSPS) is 13.4. The zero-order valence-electron chi connectivity index (χ0n) is 9.48. The third-order valence-electron chi connectivity index (χ3n) is 1.68. The second-order valence-electron chi connectivity index (χ2n) is 2.82. The molecule has 0 rings (SSSR count). The van der Waals surface area contributed by atoms with Crippen LogP contribution in [0.5, 0.6) is 0 Å². The van der Waals surface area contributed by atoms with Crippen molar-refractivity contribution in [3.05, 3.63) is 11.9 Å². The average molecular weight is 211 g/mol. The fourth-order valence-corrected chi connectivity index (χ4v) is 0.789. The summed E-state index contributed by atoms with van der Waals surface area (Å²) in [5.74, 6) is 0. The summed E-state index contributed by atoms with van der Waals surface area (Å²) >= 11 is 0. The highest BCUT2D eigenvalue weighted by atomic mass is 16.5. The maximum atomic E-state index is 8.75. The molecule has 84 valence electrons. The van der Waals surface area contributed by atoms with Gasteiger partial charge in [-0.1, -0.05) is 0 Å². The van der Waals surface area contributed by atoms with Crippen LogP contribution < -0.4 is 10.9 Å². The van der Waals surface area contributed by atoms with Crippen molar-refractivity contribution in [1.29, 1.82) is 5.26 Å². The van der Waals surface area contributed by atoms with Crippen molar-refractivity contribution in [2.75, 3.05) is 21.2 Å². The SMILES string of the molecule is CNN/C(C#N)=C\N(C)C(C)N=COC. The van der Waals surface area contributed by atoms with Gasteiger partial charge in [-0.2, -0.15) is 5.26 Å². The number of hydrazine groups is 1. The van der Waals surface area contributed by atoms with Crippen molar-refractivity contribution in [2.45, 2.75) is 13.1 Å². The Morgan fingerprint density at radius 1 is 1.67 bits per heavy atom. The molecule has 0 bridgehead atoms. The third-order valence-corrected chi connectivity index (χ3v) is 1.68. The van der Waals surface area contributed by atoms with Gasteiger partial charge in [0.2, 0.25) is 0 Å². The van der Waals surface area contributed by atoms with E-state index in [1.807, 2.05) is 20.0 Å². The van der Waals surface area contributed by atoms with Gasteiger partial charge in [0.1, 0.15) is 17.9 Å². The quantitative estimate of drug-likeness (QED) is 0.280. The van der Waals surface area contributed by atoms with E-state index in [4.69, 9.17) is 10.00 Å². The number of nitriles is 1. The van der Waals surface area contributed by atoms with Crippen LogP contribution in [0.3, 0.4) is 0 Å². The Balaban J connectivity index is 4.37. The number of hydrogen-bond donors (Lipinski definition) is 2. The van der Waals surface area contributed by atoms with E-state index < -0.39 is 0 Å². The number of nitrogens with one attached hydrogen (secondary N) is 2. The highest BCUT2D eigenvalue weighted by Gasteiger charge is 2.03. The molecule has 15 heavy (non-hydrogen) atoms. The largest absolute Gasteiger partial charge is 0.487 e. The fourth-order valence-electron chi connectivity index (χ4n) is 0.789. The molecule has 6 heteroatoms. The molecule has 2 N–H and O–H groups in total. The van der Waals surface area contributed by atoms with Crippen molar-refractivity contribution in [2.24, 2.45) is 4.99 Å². The van der Waals surface area contributed by atoms with Gasteiger partial charge in [0.15, 0.2) is 6.40 Å². The Morgan fingerprint density at radius 3 is 2.80 bits per heavy atom. The first-order valence-corrected chi connectivity index (χ1v) is 4.46. The van der Waals surface area contributed by atoms with E-state index in [1.165, 1.54) is 13.5 Å². The van der Waals surface area contributed by atoms with Crippen molar-refractivity contribution < 1.29 is 4.74 Å². The lowest BCUT2D eigenvalue weighted by Crippen LogP contribution is -2.29. The number of nitrogens with zero attached hydrogens (tertiary/aromatic N) is 3. The third kappa shape index (κ3) is 5.54. The standard InChI is InChI=1S/C9H17N5O/c1-8(12-7-15-4)14(3)6-9(5-10)13-11-2/h6-8,11,13H,1-4H3/b9-6-,12-7?. The van der Waals surface area contributed by atoms with E-state index in [-0.39, 0.29) is 6.17 Å². The predicted octanol–water partition coefficient (Wildman–Crippen LogP) is 0.0279. The van der Waals surface area contributed by atoms with E-state index >= 15 is 0 Å². The minimum Gasteiger partial charge on any atom is -0.487 e. The van der Waals surface area contributed by atoms with Crippen LogP contribution in [-0.4, -0.2) is 38.7 Å². The number of hydrogen-bond acceptors (Lipinski definition) is 6. The van der Waals surface area contributed by atoms with Crippen LogP contribution in [0.2, 0.25) is 0 Å². The second-order valence-corrected chi connectivity index (χ2v) is 2.82. The zero-order chi connectivity index (χ0) is 11.7. The van der Waals surface area contributed by atoms with Crippen LogP contribution in [0, 0.1) is 11.3 Å². The predicted molar refractivity (Wildman–Crippen MR) is 58.6 cm³/mol. The zero-order valence-corrected chi connectivity index (χ0v) is 9.48. The molecular weight excluding hydrogens is 194 g/mol. The molecule has 0 saturated heterocycles.